The average Bonchev–Trinajstić information content (AvgIpc) is 3.25. The first-order valence-corrected chi connectivity index (χ1v) is 10.3. The highest BCUT2D eigenvalue weighted by Gasteiger charge is 2.40. The first-order valence-electron chi connectivity index (χ1n) is 8.76. The molecule has 0 saturated heterocycles. The molecule has 2 aromatic carbocycles. The Morgan fingerprint density at radius 1 is 1.06 bits per heavy atom. The Kier molecular flexibility index (Phi) is 5.88. The molecular formula is C18H18F3N5O4S. The minimum Gasteiger partial charge on any atom is -0.395 e. The first kappa shape index (κ1) is 22.8. The van der Waals surface area contributed by atoms with Gasteiger partial charge in [0.25, 0.3) is 0 Å². The molecule has 5 N–H and O–H groups in total. The van der Waals surface area contributed by atoms with Gasteiger partial charge in [0.2, 0.25) is 15.8 Å². The Labute approximate surface area is 174 Å². The van der Waals surface area contributed by atoms with Gasteiger partial charge in [0.05, 0.1) is 24.3 Å². The maximum Gasteiger partial charge on any atom is 0.417 e. The van der Waals surface area contributed by atoms with Crippen LogP contribution in [0.15, 0.2) is 41.3 Å². The molecule has 0 radical (unpaired) electrons. The summed E-state index contributed by atoms with van der Waals surface area (Å²) in [5, 5.41) is 37.0. The van der Waals surface area contributed by atoms with Gasteiger partial charge in [-0.15, -0.1) is 10.2 Å². The third-order valence-corrected chi connectivity index (χ3v) is 5.90. The number of halogens is 3. The van der Waals surface area contributed by atoms with Gasteiger partial charge in [0.1, 0.15) is 4.90 Å². The molecule has 13 heteroatoms. The van der Waals surface area contributed by atoms with Crippen LogP contribution >= 0.6 is 0 Å². The molecule has 9 nitrogen and oxygen atoms in total. The molecule has 0 aliphatic heterocycles. The van der Waals surface area contributed by atoms with Crippen LogP contribution in [-0.2, 0) is 21.6 Å². The highest BCUT2D eigenvalue weighted by Crippen LogP contribution is 2.43. The second-order valence-electron chi connectivity index (χ2n) is 7.10. The second-order valence-corrected chi connectivity index (χ2v) is 8.60. The number of hydrogen-bond donors (Lipinski definition) is 4. The minimum atomic E-state index is -5.01. The summed E-state index contributed by atoms with van der Waals surface area (Å²) in [5.74, 6) is -0.384. The molecule has 0 unspecified atom stereocenters. The molecule has 0 bridgehead atoms. The van der Waals surface area contributed by atoms with Crippen molar-refractivity contribution in [2.75, 3.05) is 13.2 Å². The van der Waals surface area contributed by atoms with Crippen molar-refractivity contribution in [2.24, 2.45) is 5.14 Å². The SMILES string of the molecule is CC(CO)(CO)c1ccc(-c2ccc(C(F)(F)F)c(S(N)(=O)=O)c2-c2nn[nH]n2)cc1. The largest absolute Gasteiger partial charge is 0.417 e. The average molecular weight is 457 g/mol. The number of sulfonamides is 1. The maximum absolute atomic E-state index is 13.6. The van der Waals surface area contributed by atoms with E-state index in [1.807, 2.05) is 0 Å². The molecule has 31 heavy (non-hydrogen) atoms. The van der Waals surface area contributed by atoms with Gasteiger partial charge < -0.3 is 10.2 Å². The molecule has 1 aromatic heterocycles. The zero-order valence-corrected chi connectivity index (χ0v) is 16.9. The van der Waals surface area contributed by atoms with Crippen molar-refractivity contribution in [3.05, 3.63) is 47.5 Å². The Balaban J connectivity index is 2.32. The van der Waals surface area contributed by atoms with E-state index in [0.717, 1.165) is 6.07 Å². The van der Waals surface area contributed by atoms with Gasteiger partial charge in [-0.25, -0.2) is 13.6 Å². The lowest BCUT2D eigenvalue weighted by Crippen LogP contribution is -2.30. The fraction of sp³-hybridized carbons (Fsp3) is 0.278. The Morgan fingerprint density at radius 2 is 1.68 bits per heavy atom. The van der Waals surface area contributed by atoms with Crippen LogP contribution < -0.4 is 5.14 Å². The van der Waals surface area contributed by atoms with Crippen molar-refractivity contribution in [1.82, 2.24) is 20.6 Å². The number of nitrogens with one attached hydrogen (secondary N) is 1. The summed E-state index contributed by atoms with van der Waals surface area (Å²) >= 11 is 0. The Morgan fingerprint density at radius 3 is 2.13 bits per heavy atom. The molecule has 0 atom stereocenters. The van der Waals surface area contributed by atoms with E-state index in [1.165, 1.54) is 12.1 Å². The number of tetrazole rings is 1. The maximum atomic E-state index is 13.6. The number of hydrogen-bond acceptors (Lipinski definition) is 7. The number of nitrogens with zero attached hydrogens (tertiary/aromatic N) is 3. The molecule has 166 valence electrons. The third kappa shape index (κ3) is 4.30. The van der Waals surface area contributed by atoms with Gasteiger partial charge in [-0.2, -0.15) is 18.4 Å². The van der Waals surface area contributed by atoms with E-state index in [9.17, 15) is 31.8 Å². The molecule has 0 aliphatic rings. The number of nitrogens with two attached hydrogens (primary N) is 1. The van der Waals surface area contributed by atoms with Crippen LogP contribution in [-0.4, -0.2) is 52.5 Å². The number of H-pyrrole nitrogens is 1. The van der Waals surface area contributed by atoms with Crippen LogP contribution in [0.25, 0.3) is 22.5 Å². The van der Waals surface area contributed by atoms with Gasteiger partial charge in [-0.05, 0) is 28.0 Å². The lowest BCUT2D eigenvalue weighted by atomic mass is 9.83. The zero-order valence-electron chi connectivity index (χ0n) is 16.1. The third-order valence-electron chi connectivity index (χ3n) is 4.91. The van der Waals surface area contributed by atoms with Gasteiger partial charge in [-0.3, -0.25) is 0 Å². The number of aromatic amines is 1. The molecule has 0 aliphatic carbocycles. The monoisotopic (exact) mass is 457 g/mol. The number of aliphatic hydroxyl groups is 2. The summed E-state index contributed by atoms with van der Waals surface area (Å²) in [6.07, 6.45) is -5.01. The van der Waals surface area contributed by atoms with Gasteiger partial charge in [0.15, 0.2) is 0 Å². The lowest BCUT2D eigenvalue weighted by Gasteiger charge is -2.25. The van der Waals surface area contributed by atoms with E-state index >= 15 is 0 Å². The molecule has 3 rings (SSSR count). The molecule has 3 aromatic rings. The summed E-state index contributed by atoms with van der Waals surface area (Å²) < 4.78 is 65.1. The molecular weight excluding hydrogens is 439 g/mol. The molecule has 0 amide bonds. The standard InChI is InChI=1S/C18H18F3N5O4S/c1-17(8-27,9-28)11-4-2-10(3-5-11)12-6-7-13(18(19,20)21)15(31(22,29)30)14(12)16-23-25-26-24-16/h2-7,27-28H,8-9H2,1H3,(H2,22,29,30)(H,23,24,25,26). The van der Waals surface area contributed by atoms with E-state index in [4.69, 9.17) is 5.14 Å². The summed E-state index contributed by atoms with van der Waals surface area (Å²) in [6, 6.07) is 7.87. The van der Waals surface area contributed by atoms with Gasteiger partial charge in [-0.1, -0.05) is 37.3 Å². The van der Waals surface area contributed by atoms with E-state index < -0.39 is 37.6 Å². The minimum absolute atomic E-state index is 0.0691. The van der Waals surface area contributed by atoms with E-state index in [-0.39, 0.29) is 24.6 Å². The highest BCUT2D eigenvalue weighted by molar-refractivity contribution is 7.89. The van der Waals surface area contributed by atoms with E-state index in [0.29, 0.717) is 17.2 Å². The number of aromatic nitrogens is 4. The van der Waals surface area contributed by atoms with Crippen molar-refractivity contribution in [3.63, 3.8) is 0 Å². The number of alkyl halides is 3. The number of primary sulfonamides is 1. The van der Waals surface area contributed by atoms with E-state index in [2.05, 4.69) is 20.6 Å². The topological polar surface area (TPSA) is 155 Å². The van der Waals surface area contributed by atoms with E-state index in [1.54, 1.807) is 19.1 Å². The molecule has 0 saturated carbocycles. The summed E-state index contributed by atoms with van der Waals surface area (Å²) in [5.41, 5.74) is -1.88. The van der Waals surface area contributed by atoms with Crippen molar-refractivity contribution in [2.45, 2.75) is 23.4 Å². The van der Waals surface area contributed by atoms with Gasteiger partial charge in [0, 0.05) is 5.41 Å². The lowest BCUT2D eigenvalue weighted by molar-refractivity contribution is -0.139. The van der Waals surface area contributed by atoms with Crippen molar-refractivity contribution >= 4 is 10.0 Å². The van der Waals surface area contributed by atoms with Crippen molar-refractivity contribution < 1.29 is 31.8 Å². The summed E-state index contributed by atoms with van der Waals surface area (Å²) in [4.78, 5) is -1.17. The van der Waals surface area contributed by atoms with Crippen LogP contribution in [0.5, 0.6) is 0 Å². The Bertz CT molecular complexity index is 1180. The predicted molar refractivity (Wildman–Crippen MR) is 103 cm³/mol. The van der Waals surface area contributed by atoms with Crippen LogP contribution in [0, 0.1) is 0 Å². The smallest absolute Gasteiger partial charge is 0.395 e. The molecule has 0 fully saturated rings. The zero-order chi connectivity index (χ0) is 23.0. The fourth-order valence-corrected chi connectivity index (χ4v) is 4.09. The van der Waals surface area contributed by atoms with Crippen molar-refractivity contribution in [1.29, 1.82) is 0 Å². The quantitative estimate of drug-likeness (QED) is 0.436. The van der Waals surface area contributed by atoms with Crippen LogP contribution in [0.1, 0.15) is 18.1 Å². The summed E-state index contributed by atoms with van der Waals surface area (Å²) in [7, 11) is -4.85. The highest BCUT2D eigenvalue weighted by atomic mass is 32.2. The normalized spacial score (nSPS) is 12.9. The first-order chi connectivity index (χ1) is 14.4. The number of aliphatic hydroxyl groups excluding tert-OH is 2. The fourth-order valence-electron chi connectivity index (χ4n) is 3.12. The molecule has 1 heterocycles. The van der Waals surface area contributed by atoms with Crippen LogP contribution in [0.4, 0.5) is 13.2 Å². The van der Waals surface area contributed by atoms with Crippen molar-refractivity contribution in [3.8, 4) is 22.5 Å². The Hall–Kier alpha value is -2.87. The molecule has 0 spiro atoms. The second kappa shape index (κ2) is 8.00. The summed E-state index contributed by atoms with van der Waals surface area (Å²) in [6.45, 7) is 0.948. The van der Waals surface area contributed by atoms with Crippen LogP contribution in [0.2, 0.25) is 0 Å². The van der Waals surface area contributed by atoms with Gasteiger partial charge >= 0.3 is 6.18 Å². The van der Waals surface area contributed by atoms with Crippen LogP contribution in [0.3, 0.4) is 0 Å². The number of benzene rings is 2. The predicted octanol–water partition coefficient (Wildman–Crippen LogP) is 1.44. The number of rotatable bonds is 6.